The zero-order chi connectivity index (χ0) is 11.4. The second-order valence-corrected chi connectivity index (χ2v) is 3.56. The Morgan fingerprint density at radius 2 is 2.33 bits per heavy atom. The molecule has 0 bridgehead atoms. The number of hydrogen-bond acceptors (Lipinski definition) is 2. The SMILES string of the molecule is C[C@H](NCc1cccc(Cl)c1F)C(=O)O. The third-order valence-corrected chi connectivity index (χ3v) is 2.29. The highest BCUT2D eigenvalue weighted by Gasteiger charge is 2.11. The Morgan fingerprint density at radius 3 is 2.93 bits per heavy atom. The maximum atomic E-state index is 13.3. The first-order chi connectivity index (χ1) is 7.02. The molecule has 2 N–H and O–H groups in total. The molecule has 0 fully saturated rings. The van der Waals surface area contributed by atoms with Crippen molar-refractivity contribution < 1.29 is 14.3 Å². The molecule has 0 saturated heterocycles. The smallest absolute Gasteiger partial charge is 0.320 e. The van der Waals surface area contributed by atoms with Crippen molar-refractivity contribution in [2.24, 2.45) is 0 Å². The van der Waals surface area contributed by atoms with Gasteiger partial charge in [-0.15, -0.1) is 0 Å². The summed E-state index contributed by atoms with van der Waals surface area (Å²) in [6.45, 7) is 1.63. The molecule has 15 heavy (non-hydrogen) atoms. The number of aliphatic carboxylic acids is 1. The molecule has 82 valence electrons. The Kier molecular flexibility index (Phi) is 4.05. The van der Waals surface area contributed by atoms with E-state index in [1.54, 1.807) is 12.1 Å². The summed E-state index contributed by atoms with van der Waals surface area (Å²) in [6, 6.07) is 3.90. The van der Waals surface area contributed by atoms with Crippen molar-refractivity contribution in [3.8, 4) is 0 Å². The molecule has 1 aromatic rings. The summed E-state index contributed by atoms with van der Waals surface area (Å²) in [4.78, 5) is 10.5. The summed E-state index contributed by atoms with van der Waals surface area (Å²) in [5, 5.41) is 11.3. The number of carboxylic acids is 1. The van der Waals surface area contributed by atoms with Crippen LogP contribution in [0.3, 0.4) is 0 Å². The molecule has 0 saturated carbocycles. The molecule has 1 atom stereocenters. The molecule has 0 aromatic heterocycles. The quantitative estimate of drug-likeness (QED) is 0.834. The van der Waals surface area contributed by atoms with Crippen LogP contribution in [0.4, 0.5) is 4.39 Å². The molecule has 0 spiro atoms. The van der Waals surface area contributed by atoms with Gasteiger partial charge in [-0.2, -0.15) is 0 Å². The van der Waals surface area contributed by atoms with Crippen LogP contribution < -0.4 is 5.32 Å². The van der Waals surface area contributed by atoms with Crippen LogP contribution in [0.2, 0.25) is 5.02 Å². The van der Waals surface area contributed by atoms with Gasteiger partial charge in [0.2, 0.25) is 0 Å². The van der Waals surface area contributed by atoms with Gasteiger partial charge in [0.25, 0.3) is 0 Å². The average molecular weight is 232 g/mol. The summed E-state index contributed by atoms with van der Waals surface area (Å²) >= 11 is 5.57. The predicted molar refractivity (Wildman–Crippen MR) is 55.3 cm³/mol. The summed E-state index contributed by atoms with van der Waals surface area (Å²) in [5.74, 6) is -1.48. The van der Waals surface area contributed by atoms with Crippen molar-refractivity contribution in [2.45, 2.75) is 19.5 Å². The van der Waals surface area contributed by atoms with E-state index in [1.807, 2.05) is 0 Å². The van der Waals surface area contributed by atoms with Crippen LogP contribution in [0.5, 0.6) is 0 Å². The van der Waals surface area contributed by atoms with E-state index in [4.69, 9.17) is 16.7 Å². The summed E-state index contributed by atoms with van der Waals surface area (Å²) < 4.78 is 13.3. The number of carbonyl (C=O) groups is 1. The molecule has 3 nitrogen and oxygen atoms in total. The lowest BCUT2D eigenvalue weighted by Gasteiger charge is -2.09. The van der Waals surface area contributed by atoms with Gasteiger partial charge in [0.1, 0.15) is 11.9 Å². The molecule has 1 rings (SSSR count). The minimum Gasteiger partial charge on any atom is -0.480 e. The summed E-state index contributed by atoms with van der Waals surface area (Å²) in [6.07, 6.45) is 0. The zero-order valence-corrected chi connectivity index (χ0v) is 8.88. The van der Waals surface area contributed by atoms with Crippen molar-refractivity contribution in [3.63, 3.8) is 0 Å². The number of rotatable bonds is 4. The van der Waals surface area contributed by atoms with E-state index in [-0.39, 0.29) is 11.6 Å². The van der Waals surface area contributed by atoms with Gasteiger partial charge >= 0.3 is 5.97 Å². The van der Waals surface area contributed by atoms with Gasteiger partial charge in [0, 0.05) is 12.1 Å². The molecule has 5 heteroatoms. The van der Waals surface area contributed by atoms with Gasteiger partial charge in [-0.1, -0.05) is 23.7 Å². The molecular formula is C10H11ClFNO2. The van der Waals surface area contributed by atoms with Gasteiger partial charge in [0.15, 0.2) is 0 Å². The Bertz CT molecular complexity index is 370. The van der Waals surface area contributed by atoms with Crippen molar-refractivity contribution in [2.75, 3.05) is 0 Å². The van der Waals surface area contributed by atoms with Crippen molar-refractivity contribution >= 4 is 17.6 Å². The van der Waals surface area contributed by atoms with Crippen LogP contribution in [-0.2, 0) is 11.3 Å². The van der Waals surface area contributed by atoms with Gasteiger partial charge in [-0.05, 0) is 13.0 Å². The van der Waals surface area contributed by atoms with Gasteiger partial charge in [0.05, 0.1) is 5.02 Å². The first-order valence-corrected chi connectivity index (χ1v) is 4.79. The van der Waals surface area contributed by atoms with E-state index in [1.165, 1.54) is 13.0 Å². The fourth-order valence-corrected chi connectivity index (χ4v) is 1.23. The summed E-state index contributed by atoms with van der Waals surface area (Å²) in [7, 11) is 0. The number of carboxylic acid groups (broad SMARTS) is 1. The Labute approximate surface area is 91.9 Å². The fraction of sp³-hybridized carbons (Fsp3) is 0.300. The normalized spacial score (nSPS) is 12.5. The van der Waals surface area contributed by atoms with E-state index >= 15 is 0 Å². The highest BCUT2D eigenvalue weighted by molar-refractivity contribution is 6.30. The standard InChI is InChI=1S/C10H11ClFNO2/c1-6(10(14)15)13-5-7-3-2-4-8(11)9(7)12/h2-4,6,13H,5H2,1H3,(H,14,15)/t6-/m0/s1. The number of hydrogen-bond donors (Lipinski definition) is 2. The first kappa shape index (κ1) is 11.9. The molecule has 1 aromatic carbocycles. The fourth-order valence-electron chi connectivity index (χ4n) is 1.04. The first-order valence-electron chi connectivity index (χ1n) is 4.41. The Morgan fingerprint density at radius 1 is 1.67 bits per heavy atom. The van der Waals surface area contributed by atoms with Crippen molar-refractivity contribution in [3.05, 3.63) is 34.6 Å². The van der Waals surface area contributed by atoms with Crippen molar-refractivity contribution in [1.82, 2.24) is 5.32 Å². The minimum atomic E-state index is -0.975. The predicted octanol–water partition coefficient (Wildman–Crippen LogP) is 2.04. The second kappa shape index (κ2) is 5.09. The van der Waals surface area contributed by atoms with E-state index < -0.39 is 17.8 Å². The molecular weight excluding hydrogens is 221 g/mol. The van der Waals surface area contributed by atoms with Crippen LogP contribution in [0.25, 0.3) is 0 Å². The molecule has 0 aliphatic heterocycles. The van der Waals surface area contributed by atoms with E-state index in [9.17, 15) is 9.18 Å². The van der Waals surface area contributed by atoms with Gasteiger partial charge in [-0.25, -0.2) is 4.39 Å². The lowest BCUT2D eigenvalue weighted by Crippen LogP contribution is -2.33. The minimum absolute atomic E-state index is 0.0391. The lowest BCUT2D eigenvalue weighted by atomic mass is 10.2. The van der Waals surface area contributed by atoms with Crippen LogP contribution in [-0.4, -0.2) is 17.1 Å². The maximum Gasteiger partial charge on any atom is 0.320 e. The van der Waals surface area contributed by atoms with Crippen LogP contribution in [0.15, 0.2) is 18.2 Å². The molecule has 0 aliphatic carbocycles. The highest BCUT2D eigenvalue weighted by Crippen LogP contribution is 2.17. The van der Waals surface area contributed by atoms with E-state index in [0.717, 1.165) is 0 Å². The third kappa shape index (κ3) is 3.18. The molecule has 0 unspecified atom stereocenters. The second-order valence-electron chi connectivity index (χ2n) is 3.15. The van der Waals surface area contributed by atoms with Crippen LogP contribution in [0.1, 0.15) is 12.5 Å². The summed E-state index contributed by atoms with van der Waals surface area (Å²) in [5.41, 5.74) is 0.357. The molecule has 0 aliphatic rings. The van der Waals surface area contributed by atoms with Gasteiger partial charge in [-0.3, -0.25) is 4.79 Å². The van der Waals surface area contributed by atoms with Gasteiger partial charge < -0.3 is 10.4 Å². The molecule has 0 heterocycles. The topological polar surface area (TPSA) is 49.3 Å². The maximum absolute atomic E-state index is 13.3. The zero-order valence-electron chi connectivity index (χ0n) is 8.13. The number of benzene rings is 1. The molecule has 0 amide bonds. The third-order valence-electron chi connectivity index (χ3n) is 2.00. The lowest BCUT2D eigenvalue weighted by molar-refractivity contribution is -0.139. The molecule has 0 radical (unpaired) electrons. The van der Waals surface area contributed by atoms with Crippen LogP contribution in [0, 0.1) is 5.82 Å². The Hall–Kier alpha value is -1.13. The number of nitrogens with one attached hydrogen (secondary N) is 1. The van der Waals surface area contributed by atoms with E-state index in [2.05, 4.69) is 5.32 Å². The monoisotopic (exact) mass is 231 g/mol. The number of halogens is 2. The van der Waals surface area contributed by atoms with Crippen molar-refractivity contribution in [1.29, 1.82) is 0 Å². The largest absolute Gasteiger partial charge is 0.480 e. The highest BCUT2D eigenvalue weighted by atomic mass is 35.5. The Balaban J connectivity index is 2.66. The van der Waals surface area contributed by atoms with Crippen LogP contribution >= 0.6 is 11.6 Å². The average Bonchev–Trinajstić information content (AvgIpc) is 2.19. The van der Waals surface area contributed by atoms with E-state index in [0.29, 0.717) is 5.56 Å².